The highest BCUT2D eigenvalue weighted by molar-refractivity contribution is 5.95. The van der Waals surface area contributed by atoms with E-state index in [1.807, 2.05) is 56.3 Å². The largest absolute Gasteiger partial charge is 0.481 e. The molecule has 0 aliphatic carbocycles. The van der Waals surface area contributed by atoms with E-state index in [4.69, 9.17) is 4.74 Å². The summed E-state index contributed by atoms with van der Waals surface area (Å²) >= 11 is 0. The summed E-state index contributed by atoms with van der Waals surface area (Å²) in [4.78, 5) is 12.5. The smallest absolute Gasteiger partial charge is 0.265 e. The summed E-state index contributed by atoms with van der Waals surface area (Å²) < 4.78 is 5.89. The third-order valence-corrected chi connectivity index (χ3v) is 4.08. The van der Waals surface area contributed by atoms with Gasteiger partial charge in [0.1, 0.15) is 5.75 Å². The molecule has 3 heteroatoms. The Bertz CT molecular complexity index is 679. The molecule has 0 saturated heterocycles. The number of amides is 1. The van der Waals surface area contributed by atoms with Crippen LogP contribution in [0.5, 0.6) is 5.75 Å². The first-order valence-corrected chi connectivity index (χ1v) is 8.17. The normalized spacial score (nSPS) is 11.8. The quantitative estimate of drug-likeness (QED) is 0.842. The number of anilines is 1. The first-order chi connectivity index (χ1) is 11.0. The number of carbonyl (C=O) groups excluding carboxylic acids is 1. The van der Waals surface area contributed by atoms with Crippen molar-refractivity contribution in [1.82, 2.24) is 0 Å². The van der Waals surface area contributed by atoms with Crippen molar-refractivity contribution < 1.29 is 9.53 Å². The fourth-order valence-electron chi connectivity index (χ4n) is 2.44. The molecule has 1 amide bonds. The molecule has 1 atom stereocenters. The Labute approximate surface area is 138 Å². The van der Waals surface area contributed by atoms with Crippen LogP contribution in [0.15, 0.2) is 42.5 Å². The molecule has 2 aromatic carbocycles. The molecule has 122 valence electrons. The predicted molar refractivity (Wildman–Crippen MR) is 95.1 cm³/mol. The van der Waals surface area contributed by atoms with Gasteiger partial charge in [0.05, 0.1) is 0 Å². The molecule has 0 aromatic heterocycles. The predicted octanol–water partition coefficient (Wildman–Crippen LogP) is 4.66. The number of ether oxygens (including phenoxy) is 1. The lowest BCUT2D eigenvalue weighted by Gasteiger charge is -2.19. The number of hydrogen-bond donors (Lipinski definition) is 1. The highest BCUT2D eigenvalue weighted by Crippen LogP contribution is 2.20. The molecule has 0 heterocycles. The van der Waals surface area contributed by atoms with E-state index in [0.717, 1.165) is 29.0 Å². The third kappa shape index (κ3) is 4.35. The number of rotatable bonds is 6. The van der Waals surface area contributed by atoms with Crippen molar-refractivity contribution in [2.24, 2.45) is 0 Å². The minimum atomic E-state index is -0.498. The van der Waals surface area contributed by atoms with E-state index >= 15 is 0 Å². The van der Waals surface area contributed by atoms with Crippen molar-refractivity contribution >= 4 is 11.6 Å². The van der Waals surface area contributed by atoms with Crippen molar-refractivity contribution in [3.8, 4) is 5.75 Å². The number of carbonyl (C=O) groups is 1. The minimum Gasteiger partial charge on any atom is -0.481 e. The summed E-state index contributed by atoms with van der Waals surface area (Å²) in [5, 5.41) is 2.99. The fourth-order valence-corrected chi connectivity index (χ4v) is 2.44. The Morgan fingerprint density at radius 2 is 1.83 bits per heavy atom. The highest BCUT2D eigenvalue weighted by atomic mass is 16.5. The van der Waals surface area contributed by atoms with Gasteiger partial charge >= 0.3 is 0 Å². The Morgan fingerprint density at radius 3 is 2.48 bits per heavy atom. The van der Waals surface area contributed by atoms with Crippen LogP contribution >= 0.6 is 0 Å². The minimum absolute atomic E-state index is 0.105. The molecule has 0 aliphatic rings. The Balaban J connectivity index is 2.10. The van der Waals surface area contributed by atoms with Crippen LogP contribution in [0.3, 0.4) is 0 Å². The van der Waals surface area contributed by atoms with Gasteiger partial charge in [-0.25, -0.2) is 0 Å². The van der Waals surface area contributed by atoms with Crippen LogP contribution in [-0.4, -0.2) is 12.0 Å². The molecule has 0 fully saturated rings. The average Bonchev–Trinajstić information content (AvgIpc) is 2.56. The zero-order valence-electron chi connectivity index (χ0n) is 14.3. The van der Waals surface area contributed by atoms with Crippen molar-refractivity contribution in [2.45, 2.75) is 46.6 Å². The zero-order chi connectivity index (χ0) is 16.8. The van der Waals surface area contributed by atoms with E-state index < -0.39 is 6.10 Å². The summed E-state index contributed by atoms with van der Waals surface area (Å²) in [7, 11) is 0. The van der Waals surface area contributed by atoms with Gasteiger partial charge in [-0.3, -0.25) is 4.79 Å². The Morgan fingerprint density at radius 1 is 1.09 bits per heavy atom. The number of nitrogens with one attached hydrogen (secondary N) is 1. The maximum Gasteiger partial charge on any atom is 0.265 e. The lowest BCUT2D eigenvalue weighted by Crippen LogP contribution is -2.32. The van der Waals surface area contributed by atoms with E-state index in [1.165, 1.54) is 5.56 Å². The van der Waals surface area contributed by atoms with E-state index in [0.29, 0.717) is 6.42 Å². The highest BCUT2D eigenvalue weighted by Gasteiger charge is 2.19. The third-order valence-electron chi connectivity index (χ3n) is 4.08. The van der Waals surface area contributed by atoms with Crippen molar-refractivity contribution in [2.75, 3.05) is 5.32 Å². The van der Waals surface area contributed by atoms with E-state index in [9.17, 15) is 4.79 Å². The molecule has 0 aliphatic heterocycles. The number of benzene rings is 2. The lowest BCUT2D eigenvalue weighted by atomic mass is 10.1. The summed E-state index contributed by atoms with van der Waals surface area (Å²) in [6.07, 6.45) is 1.00. The van der Waals surface area contributed by atoms with Crippen LogP contribution in [0.1, 0.15) is 37.0 Å². The van der Waals surface area contributed by atoms with Crippen molar-refractivity contribution in [1.29, 1.82) is 0 Å². The molecule has 2 aromatic rings. The summed E-state index contributed by atoms with van der Waals surface area (Å²) in [6, 6.07) is 13.8. The lowest BCUT2D eigenvalue weighted by molar-refractivity contribution is -0.122. The van der Waals surface area contributed by atoms with Gasteiger partial charge in [0, 0.05) is 5.69 Å². The fraction of sp³-hybridized carbons (Fsp3) is 0.350. The monoisotopic (exact) mass is 311 g/mol. The van der Waals surface area contributed by atoms with Crippen molar-refractivity contribution in [3.05, 3.63) is 59.2 Å². The van der Waals surface area contributed by atoms with Crippen LogP contribution in [0.4, 0.5) is 5.69 Å². The molecule has 0 spiro atoms. The van der Waals surface area contributed by atoms with E-state index in [2.05, 4.69) is 19.2 Å². The van der Waals surface area contributed by atoms with Gasteiger partial charge in [-0.15, -0.1) is 0 Å². The van der Waals surface area contributed by atoms with Crippen LogP contribution in [0.2, 0.25) is 0 Å². The molecule has 0 bridgehead atoms. The second kappa shape index (κ2) is 7.82. The second-order valence-electron chi connectivity index (χ2n) is 5.76. The van der Waals surface area contributed by atoms with Gasteiger partial charge in [-0.05, 0) is 61.6 Å². The maximum atomic E-state index is 12.5. The molecule has 23 heavy (non-hydrogen) atoms. The van der Waals surface area contributed by atoms with Gasteiger partial charge in [0.25, 0.3) is 5.91 Å². The first-order valence-electron chi connectivity index (χ1n) is 8.17. The van der Waals surface area contributed by atoms with Gasteiger partial charge in [-0.1, -0.05) is 38.1 Å². The first kappa shape index (κ1) is 17.1. The molecule has 2 rings (SSSR count). The molecule has 0 radical (unpaired) electrons. The molecule has 0 unspecified atom stereocenters. The number of aryl methyl sites for hydroxylation is 3. The van der Waals surface area contributed by atoms with Gasteiger partial charge in [0.15, 0.2) is 6.10 Å². The van der Waals surface area contributed by atoms with Gasteiger partial charge in [0.2, 0.25) is 0 Å². The number of hydrogen-bond acceptors (Lipinski definition) is 2. The van der Waals surface area contributed by atoms with Crippen LogP contribution in [0, 0.1) is 13.8 Å². The molecular weight excluding hydrogens is 286 g/mol. The van der Waals surface area contributed by atoms with E-state index in [-0.39, 0.29) is 5.91 Å². The van der Waals surface area contributed by atoms with Crippen LogP contribution in [-0.2, 0) is 11.2 Å². The van der Waals surface area contributed by atoms with Crippen LogP contribution in [0.25, 0.3) is 0 Å². The van der Waals surface area contributed by atoms with E-state index in [1.54, 1.807) is 0 Å². The van der Waals surface area contributed by atoms with Crippen LogP contribution < -0.4 is 10.1 Å². The molecule has 1 N–H and O–H groups in total. The topological polar surface area (TPSA) is 38.3 Å². The molecular formula is C20H25NO2. The number of para-hydroxylation sites is 1. The SMILES string of the molecule is CCc1ccccc1NC(=O)[C@H](CC)Oc1ccc(C)c(C)c1. The standard InChI is InChI=1S/C20H25NO2/c1-5-16-9-7-8-10-18(16)21-20(22)19(6-2)23-17-12-11-14(3)15(4)13-17/h7-13,19H,5-6H2,1-4H3,(H,21,22)/t19-/m0/s1. The zero-order valence-corrected chi connectivity index (χ0v) is 14.3. The Kier molecular flexibility index (Phi) is 5.80. The summed E-state index contributed by atoms with van der Waals surface area (Å²) in [5.41, 5.74) is 4.37. The second-order valence-corrected chi connectivity index (χ2v) is 5.76. The summed E-state index contributed by atoms with van der Waals surface area (Å²) in [6.45, 7) is 8.14. The van der Waals surface area contributed by atoms with Gasteiger partial charge < -0.3 is 10.1 Å². The average molecular weight is 311 g/mol. The Hall–Kier alpha value is -2.29. The van der Waals surface area contributed by atoms with Crippen molar-refractivity contribution in [3.63, 3.8) is 0 Å². The maximum absolute atomic E-state index is 12.5. The molecule has 0 saturated carbocycles. The van der Waals surface area contributed by atoms with Gasteiger partial charge in [-0.2, -0.15) is 0 Å². The summed E-state index contributed by atoms with van der Waals surface area (Å²) in [5.74, 6) is 0.630. The molecule has 3 nitrogen and oxygen atoms in total.